The van der Waals surface area contributed by atoms with Crippen molar-refractivity contribution in [1.29, 1.82) is 0 Å². The summed E-state index contributed by atoms with van der Waals surface area (Å²) < 4.78 is 0. The topological polar surface area (TPSA) is 162 Å². The molecule has 11 heteroatoms. The van der Waals surface area contributed by atoms with Crippen LogP contribution < -0.4 is 16.4 Å². The second-order valence-electron chi connectivity index (χ2n) is 7.31. The number of nitrogens with one attached hydrogen (secondary N) is 2. The van der Waals surface area contributed by atoms with E-state index in [0.717, 1.165) is 5.56 Å². The average molecular weight is 453 g/mol. The largest absolute Gasteiger partial charge is 0.480 e. The van der Waals surface area contributed by atoms with Crippen molar-refractivity contribution in [2.75, 3.05) is 18.9 Å². The summed E-state index contributed by atoms with van der Waals surface area (Å²) in [6.45, 7) is -0.435. The summed E-state index contributed by atoms with van der Waals surface area (Å²) in [6, 6.07) is 4.79. The van der Waals surface area contributed by atoms with Crippen LogP contribution in [-0.4, -0.2) is 81.9 Å². The molecule has 1 aliphatic heterocycles. The molecule has 170 valence electrons. The molecule has 1 aromatic rings. The molecule has 1 aliphatic rings. The summed E-state index contributed by atoms with van der Waals surface area (Å²) in [7, 11) is 0. The van der Waals surface area contributed by atoms with E-state index in [-0.39, 0.29) is 18.7 Å². The molecule has 0 radical (unpaired) electrons. The van der Waals surface area contributed by atoms with Gasteiger partial charge >= 0.3 is 5.97 Å². The highest BCUT2D eigenvalue weighted by molar-refractivity contribution is 7.80. The molecule has 6 N–H and O–H groups in total. The Bertz CT molecular complexity index is 793. The minimum absolute atomic E-state index is 0.0764. The zero-order chi connectivity index (χ0) is 23.0. The Morgan fingerprint density at radius 1 is 1.13 bits per heavy atom. The van der Waals surface area contributed by atoms with Gasteiger partial charge < -0.3 is 31.5 Å². The lowest BCUT2D eigenvalue weighted by atomic mass is 10.1. The third kappa shape index (κ3) is 6.68. The van der Waals surface area contributed by atoms with Gasteiger partial charge in [-0.3, -0.25) is 14.4 Å². The van der Waals surface area contributed by atoms with Crippen molar-refractivity contribution in [1.82, 2.24) is 15.5 Å². The second-order valence-corrected chi connectivity index (χ2v) is 7.68. The number of carbonyl (C=O) groups excluding carboxylic acids is 3. The van der Waals surface area contributed by atoms with Crippen molar-refractivity contribution in [2.24, 2.45) is 5.73 Å². The summed E-state index contributed by atoms with van der Waals surface area (Å²) >= 11 is 4.08. The Kier molecular flexibility index (Phi) is 9.28. The van der Waals surface area contributed by atoms with Gasteiger partial charge in [-0.25, -0.2) is 4.79 Å². The Hall–Kier alpha value is -2.63. The molecule has 0 bridgehead atoms. The Labute approximate surface area is 185 Å². The van der Waals surface area contributed by atoms with Crippen LogP contribution in [0.15, 0.2) is 30.3 Å². The Balaban J connectivity index is 1.96. The van der Waals surface area contributed by atoms with E-state index in [1.165, 1.54) is 4.90 Å². The number of carboxylic acid groups (broad SMARTS) is 1. The van der Waals surface area contributed by atoms with Crippen LogP contribution in [0.1, 0.15) is 18.4 Å². The summed E-state index contributed by atoms with van der Waals surface area (Å²) in [6.07, 6.45) is 1.13. The highest BCUT2D eigenvalue weighted by Gasteiger charge is 2.38. The summed E-state index contributed by atoms with van der Waals surface area (Å²) in [5.74, 6) is -3.17. The molecule has 3 amide bonds. The molecule has 0 spiro atoms. The molecule has 1 saturated heterocycles. The highest BCUT2D eigenvalue weighted by Crippen LogP contribution is 2.18. The predicted octanol–water partition coefficient (Wildman–Crippen LogP) is -1.48. The Morgan fingerprint density at radius 3 is 2.35 bits per heavy atom. The van der Waals surface area contributed by atoms with Crippen molar-refractivity contribution >= 4 is 36.3 Å². The predicted molar refractivity (Wildman–Crippen MR) is 115 cm³/mol. The molecule has 0 aliphatic carbocycles. The fraction of sp³-hybridized carbons (Fsp3) is 0.500. The number of hydrogen-bond donors (Lipinski definition) is 6. The molecule has 0 aromatic heterocycles. The first-order valence-corrected chi connectivity index (χ1v) is 10.6. The number of aliphatic hydroxyl groups is 1. The fourth-order valence-corrected chi connectivity index (χ4v) is 3.63. The monoisotopic (exact) mass is 452 g/mol. The van der Waals surface area contributed by atoms with E-state index in [9.17, 15) is 29.4 Å². The summed E-state index contributed by atoms with van der Waals surface area (Å²) in [4.78, 5) is 50.1. The lowest BCUT2D eigenvalue weighted by Gasteiger charge is -2.27. The van der Waals surface area contributed by atoms with Gasteiger partial charge in [0, 0.05) is 12.3 Å². The molecule has 1 heterocycles. The number of rotatable bonds is 10. The quantitative estimate of drug-likeness (QED) is 0.236. The first kappa shape index (κ1) is 24.6. The summed E-state index contributed by atoms with van der Waals surface area (Å²) in [5, 5.41) is 23.6. The van der Waals surface area contributed by atoms with Gasteiger partial charge in [-0.05, 0) is 24.8 Å². The van der Waals surface area contributed by atoms with Crippen molar-refractivity contribution in [3.63, 3.8) is 0 Å². The van der Waals surface area contributed by atoms with E-state index in [2.05, 4.69) is 23.3 Å². The van der Waals surface area contributed by atoms with Gasteiger partial charge in [0.1, 0.15) is 18.1 Å². The number of likely N-dealkylation sites (tertiary alicyclic amines) is 1. The van der Waals surface area contributed by atoms with E-state index in [0.29, 0.717) is 12.8 Å². The molecule has 2 rings (SSSR count). The minimum atomic E-state index is -1.32. The van der Waals surface area contributed by atoms with Crippen LogP contribution in [0.3, 0.4) is 0 Å². The van der Waals surface area contributed by atoms with E-state index in [1.54, 1.807) is 0 Å². The fourth-order valence-electron chi connectivity index (χ4n) is 3.38. The zero-order valence-corrected chi connectivity index (χ0v) is 17.8. The number of hydrogen-bond acceptors (Lipinski definition) is 7. The van der Waals surface area contributed by atoms with E-state index in [4.69, 9.17) is 5.73 Å². The molecular weight excluding hydrogens is 424 g/mol. The standard InChI is InChI=1S/C20H28N4O6S/c21-13(9-12-5-2-1-3-6-12)17(26)22-14(10-25)18(27)23-15(11-31)19(28)24-8-4-7-16(24)20(29)30/h1-3,5-6,13-16,25,31H,4,7-11,21H2,(H,22,26)(H,23,27)(H,29,30). The van der Waals surface area contributed by atoms with Gasteiger partial charge in [0.25, 0.3) is 0 Å². The maximum absolute atomic E-state index is 12.7. The molecule has 31 heavy (non-hydrogen) atoms. The van der Waals surface area contributed by atoms with Crippen molar-refractivity contribution in [2.45, 2.75) is 43.4 Å². The number of nitrogens with zero attached hydrogens (tertiary/aromatic N) is 1. The maximum atomic E-state index is 12.7. The van der Waals surface area contributed by atoms with Crippen LogP contribution in [0.25, 0.3) is 0 Å². The van der Waals surface area contributed by atoms with Crippen LogP contribution in [0.4, 0.5) is 0 Å². The molecule has 4 atom stereocenters. The lowest BCUT2D eigenvalue weighted by Crippen LogP contribution is -2.58. The summed E-state index contributed by atoms with van der Waals surface area (Å²) in [5.41, 5.74) is 6.74. The molecule has 0 saturated carbocycles. The zero-order valence-electron chi connectivity index (χ0n) is 16.9. The van der Waals surface area contributed by atoms with Gasteiger partial charge in [0.15, 0.2) is 0 Å². The number of aliphatic carboxylic acids is 1. The molecule has 10 nitrogen and oxygen atoms in total. The van der Waals surface area contributed by atoms with Gasteiger partial charge in [-0.1, -0.05) is 30.3 Å². The first-order chi connectivity index (χ1) is 14.8. The number of thiol groups is 1. The number of benzene rings is 1. The number of nitrogens with two attached hydrogens (primary N) is 1. The molecule has 1 aromatic carbocycles. The third-order valence-electron chi connectivity index (χ3n) is 5.07. The average Bonchev–Trinajstić information content (AvgIpc) is 3.26. The Morgan fingerprint density at radius 2 is 1.77 bits per heavy atom. The number of amides is 3. The molecule has 4 unspecified atom stereocenters. The van der Waals surface area contributed by atoms with E-state index in [1.807, 2.05) is 30.3 Å². The number of carbonyl (C=O) groups is 4. The van der Waals surface area contributed by atoms with Gasteiger partial charge in [0.2, 0.25) is 17.7 Å². The van der Waals surface area contributed by atoms with Crippen LogP contribution in [0, 0.1) is 0 Å². The van der Waals surface area contributed by atoms with Crippen molar-refractivity contribution in [3.8, 4) is 0 Å². The van der Waals surface area contributed by atoms with E-state index >= 15 is 0 Å². The molecule has 1 fully saturated rings. The van der Waals surface area contributed by atoms with E-state index < -0.39 is 54.5 Å². The smallest absolute Gasteiger partial charge is 0.326 e. The van der Waals surface area contributed by atoms with Crippen LogP contribution in [0.5, 0.6) is 0 Å². The third-order valence-corrected chi connectivity index (χ3v) is 5.43. The van der Waals surface area contributed by atoms with Crippen LogP contribution >= 0.6 is 12.6 Å². The maximum Gasteiger partial charge on any atom is 0.326 e. The van der Waals surface area contributed by atoms with Gasteiger partial charge in [0.05, 0.1) is 12.6 Å². The van der Waals surface area contributed by atoms with Crippen molar-refractivity contribution in [3.05, 3.63) is 35.9 Å². The number of aliphatic hydroxyl groups excluding tert-OH is 1. The number of carboxylic acids is 1. The molecular formula is C20H28N4O6S. The lowest BCUT2D eigenvalue weighted by molar-refractivity contribution is -0.149. The SMILES string of the molecule is NC(Cc1ccccc1)C(=O)NC(CO)C(=O)NC(CS)C(=O)N1CCCC1C(=O)O. The normalized spacial score (nSPS) is 18.7. The van der Waals surface area contributed by atoms with Gasteiger partial charge in [-0.15, -0.1) is 0 Å². The van der Waals surface area contributed by atoms with Gasteiger partial charge in [-0.2, -0.15) is 12.6 Å². The second kappa shape index (κ2) is 11.7. The minimum Gasteiger partial charge on any atom is -0.480 e. The highest BCUT2D eigenvalue weighted by atomic mass is 32.1. The van der Waals surface area contributed by atoms with Crippen molar-refractivity contribution < 1.29 is 29.4 Å². The first-order valence-electron chi connectivity index (χ1n) is 9.93. The van der Waals surface area contributed by atoms with Crippen LogP contribution in [-0.2, 0) is 25.6 Å². The van der Waals surface area contributed by atoms with Crippen LogP contribution in [0.2, 0.25) is 0 Å².